The van der Waals surface area contributed by atoms with Crippen molar-refractivity contribution in [1.82, 2.24) is 9.97 Å². The Morgan fingerprint density at radius 1 is 0.903 bits per heavy atom. The maximum absolute atomic E-state index is 13.0. The minimum Gasteiger partial charge on any atom is -0.316 e. The molecule has 0 bridgehead atoms. The number of aryl methyl sites for hydroxylation is 1. The molecule has 31 heavy (non-hydrogen) atoms. The largest absolute Gasteiger partial charge is 0.316 e. The molecule has 158 valence electrons. The molecule has 0 fully saturated rings. The molecule has 0 aliphatic rings. The SMILES string of the molecule is Cc1cc2[nH]c(=O)c(=O)[nH]c2cc1S(=O)(=O)Nc1ccc(Cc2ccccc2)c(Cl)c1. The average molecular weight is 456 g/mol. The minimum absolute atomic E-state index is 0.0211. The van der Waals surface area contributed by atoms with Gasteiger partial charge in [-0.25, -0.2) is 8.42 Å². The van der Waals surface area contributed by atoms with Gasteiger partial charge in [-0.05, 0) is 54.3 Å². The maximum Gasteiger partial charge on any atom is 0.314 e. The van der Waals surface area contributed by atoms with Gasteiger partial charge in [0.1, 0.15) is 0 Å². The molecular weight excluding hydrogens is 438 g/mol. The van der Waals surface area contributed by atoms with E-state index >= 15 is 0 Å². The molecule has 0 amide bonds. The summed E-state index contributed by atoms with van der Waals surface area (Å²) in [5, 5.41) is 0.446. The van der Waals surface area contributed by atoms with Crippen LogP contribution in [0.4, 0.5) is 5.69 Å². The van der Waals surface area contributed by atoms with E-state index in [1.54, 1.807) is 25.1 Å². The Hall–Kier alpha value is -3.36. The molecule has 4 aromatic rings. The number of H-pyrrole nitrogens is 2. The fraction of sp³-hybridized carbons (Fsp3) is 0.0909. The minimum atomic E-state index is -3.97. The van der Waals surface area contributed by atoms with Gasteiger partial charge >= 0.3 is 11.1 Å². The summed E-state index contributed by atoms with van der Waals surface area (Å²) in [5.74, 6) is 0. The molecule has 1 heterocycles. The molecule has 0 saturated heterocycles. The van der Waals surface area contributed by atoms with Gasteiger partial charge in [0.25, 0.3) is 10.0 Å². The number of fused-ring (bicyclic) bond motifs is 1. The van der Waals surface area contributed by atoms with Crippen molar-refractivity contribution < 1.29 is 8.42 Å². The highest BCUT2D eigenvalue weighted by Crippen LogP contribution is 2.27. The van der Waals surface area contributed by atoms with Crippen LogP contribution in [0.15, 0.2) is 75.1 Å². The number of anilines is 1. The average Bonchev–Trinajstić information content (AvgIpc) is 2.71. The molecule has 0 saturated carbocycles. The fourth-order valence-electron chi connectivity index (χ4n) is 3.32. The summed E-state index contributed by atoms with van der Waals surface area (Å²) in [5.41, 5.74) is 1.60. The van der Waals surface area contributed by atoms with E-state index in [2.05, 4.69) is 14.7 Å². The van der Waals surface area contributed by atoms with Crippen LogP contribution in [0.1, 0.15) is 16.7 Å². The van der Waals surface area contributed by atoms with Crippen LogP contribution < -0.4 is 15.8 Å². The number of aromatic amines is 2. The standard InChI is InChI=1S/C22H18ClN3O4S/c1-13-9-18-19(25-22(28)21(27)24-18)12-20(13)31(29,30)26-16-8-7-15(17(23)11-16)10-14-5-3-2-4-6-14/h2-9,11-12,26H,10H2,1H3,(H,24,27)(H,25,28). The van der Waals surface area contributed by atoms with Crippen molar-refractivity contribution in [3.63, 3.8) is 0 Å². The first-order valence-corrected chi connectivity index (χ1v) is 11.2. The topological polar surface area (TPSA) is 112 Å². The van der Waals surface area contributed by atoms with Crippen molar-refractivity contribution in [2.75, 3.05) is 4.72 Å². The molecule has 0 spiro atoms. The maximum atomic E-state index is 13.0. The van der Waals surface area contributed by atoms with Crippen LogP contribution in [-0.2, 0) is 16.4 Å². The summed E-state index contributed by atoms with van der Waals surface area (Å²) in [6, 6.07) is 17.6. The zero-order valence-electron chi connectivity index (χ0n) is 16.4. The lowest BCUT2D eigenvalue weighted by molar-refractivity contribution is 0.600. The normalized spacial score (nSPS) is 11.5. The van der Waals surface area contributed by atoms with Gasteiger partial charge in [0, 0.05) is 5.02 Å². The Labute approximate surface area is 182 Å². The van der Waals surface area contributed by atoms with E-state index in [9.17, 15) is 18.0 Å². The highest BCUT2D eigenvalue weighted by molar-refractivity contribution is 7.92. The van der Waals surface area contributed by atoms with Gasteiger partial charge in [0.2, 0.25) is 0 Å². The second-order valence-electron chi connectivity index (χ2n) is 7.15. The van der Waals surface area contributed by atoms with Crippen molar-refractivity contribution in [2.24, 2.45) is 0 Å². The van der Waals surface area contributed by atoms with Gasteiger partial charge in [-0.3, -0.25) is 14.3 Å². The second-order valence-corrected chi connectivity index (χ2v) is 9.20. The third-order valence-electron chi connectivity index (χ3n) is 4.85. The van der Waals surface area contributed by atoms with Crippen molar-refractivity contribution in [3.8, 4) is 0 Å². The molecule has 3 N–H and O–H groups in total. The molecule has 7 nitrogen and oxygen atoms in total. The van der Waals surface area contributed by atoms with E-state index < -0.39 is 21.1 Å². The number of aromatic nitrogens is 2. The lowest BCUT2D eigenvalue weighted by Gasteiger charge is -2.13. The third kappa shape index (κ3) is 4.40. The second kappa shape index (κ2) is 8.05. The van der Waals surface area contributed by atoms with E-state index in [4.69, 9.17) is 11.6 Å². The Bertz CT molecular complexity index is 1510. The first-order valence-electron chi connectivity index (χ1n) is 9.35. The summed E-state index contributed by atoms with van der Waals surface area (Å²) in [7, 11) is -3.97. The van der Waals surface area contributed by atoms with Gasteiger partial charge in [0.05, 0.1) is 21.6 Å². The number of halogens is 1. The quantitative estimate of drug-likeness (QED) is 0.399. The van der Waals surface area contributed by atoms with Crippen LogP contribution in [0.25, 0.3) is 11.0 Å². The van der Waals surface area contributed by atoms with Gasteiger partial charge in [-0.15, -0.1) is 0 Å². The Balaban J connectivity index is 1.65. The summed E-state index contributed by atoms with van der Waals surface area (Å²) in [6.45, 7) is 1.60. The highest BCUT2D eigenvalue weighted by atomic mass is 35.5. The molecule has 0 unspecified atom stereocenters. The molecule has 9 heteroatoms. The lowest BCUT2D eigenvalue weighted by Crippen LogP contribution is -2.29. The van der Waals surface area contributed by atoms with Crippen molar-refractivity contribution in [3.05, 3.63) is 103 Å². The monoisotopic (exact) mass is 455 g/mol. The Morgan fingerprint density at radius 3 is 2.19 bits per heavy atom. The van der Waals surface area contributed by atoms with Crippen molar-refractivity contribution in [2.45, 2.75) is 18.2 Å². The predicted octanol–water partition coefficient (Wildman–Crippen LogP) is 3.57. The van der Waals surface area contributed by atoms with Crippen LogP contribution in [-0.4, -0.2) is 18.4 Å². The molecule has 0 radical (unpaired) electrons. The summed E-state index contributed by atoms with van der Waals surface area (Å²) in [6.07, 6.45) is 0.627. The highest BCUT2D eigenvalue weighted by Gasteiger charge is 2.19. The summed E-state index contributed by atoms with van der Waals surface area (Å²) in [4.78, 5) is 27.9. The van der Waals surface area contributed by atoms with Crippen LogP contribution in [0.2, 0.25) is 5.02 Å². The van der Waals surface area contributed by atoms with Crippen LogP contribution in [0.3, 0.4) is 0 Å². The predicted molar refractivity (Wildman–Crippen MR) is 121 cm³/mol. The molecular formula is C22H18ClN3O4S. The Morgan fingerprint density at radius 2 is 1.55 bits per heavy atom. The number of hydrogen-bond acceptors (Lipinski definition) is 4. The first kappa shape index (κ1) is 20.9. The molecule has 0 aliphatic heterocycles. The number of hydrogen-bond donors (Lipinski definition) is 3. The number of sulfonamides is 1. The molecule has 4 rings (SSSR count). The van der Waals surface area contributed by atoms with E-state index in [-0.39, 0.29) is 10.4 Å². The van der Waals surface area contributed by atoms with Crippen molar-refractivity contribution in [1.29, 1.82) is 0 Å². The molecule has 1 aromatic heterocycles. The zero-order chi connectivity index (χ0) is 22.2. The van der Waals surface area contributed by atoms with Gasteiger partial charge < -0.3 is 9.97 Å². The van der Waals surface area contributed by atoms with E-state index in [0.717, 1.165) is 11.1 Å². The van der Waals surface area contributed by atoms with Gasteiger partial charge in [0.15, 0.2) is 0 Å². The van der Waals surface area contributed by atoms with Gasteiger partial charge in [-0.1, -0.05) is 48.0 Å². The lowest BCUT2D eigenvalue weighted by atomic mass is 10.0. The smallest absolute Gasteiger partial charge is 0.314 e. The van der Waals surface area contributed by atoms with E-state index in [1.165, 1.54) is 12.1 Å². The van der Waals surface area contributed by atoms with Crippen LogP contribution in [0, 0.1) is 6.92 Å². The summed E-state index contributed by atoms with van der Waals surface area (Å²) < 4.78 is 28.5. The number of benzene rings is 3. The van der Waals surface area contributed by atoms with E-state index in [1.807, 2.05) is 30.3 Å². The third-order valence-corrected chi connectivity index (χ3v) is 6.73. The molecule has 3 aromatic carbocycles. The van der Waals surface area contributed by atoms with Crippen LogP contribution >= 0.6 is 11.6 Å². The zero-order valence-corrected chi connectivity index (χ0v) is 18.0. The van der Waals surface area contributed by atoms with Crippen LogP contribution in [0.5, 0.6) is 0 Å². The first-order chi connectivity index (χ1) is 14.7. The molecule has 0 atom stereocenters. The number of nitrogens with one attached hydrogen (secondary N) is 3. The van der Waals surface area contributed by atoms with Gasteiger partial charge in [-0.2, -0.15) is 0 Å². The van der Waals surface area contributed by atoms with Crippen molar-refractivity contribution >= 4 is 38.3 Å². The summed E-state index contributed by atoms with van der Waals surface area (Å²) >= 11 is 6.39. The van der Waals surface area contributed by atoms with E-state index in [0.29, 0.717) is 28.2 Å². The number of rotatable bonds is 5. The fourth-order valence-corrected chi connectivity index (χ4v) is 4.87. The Kier molecular flexibility index (Phi) is 5.43. The molecule has 0 aliphatic carbocycles.